The van der Waals surface area contributed by atoms with E-state index in [1.165, 1.54) is 11.3 Å². The molecule has 0 fully saturated rings. The number of anilines is 1. The third-order valence-corrected chi connectivity index (χ3v) is 3.97. The molecule has 0 radical (unpaired) electrons. The molecule has 1 aliphatic rings. The minimum atomic E-state index is 0.163. The van der Waals surface area contributed by atoms with Gasteiger partial charge in [-0.25, -0.2) is 0 Å². The summed E-state index contributed by atoms with van der Waals surface area (Å²) in [7, 11) is 0. The summed E-state index contributed by atoms with van der Waals surface area (Å²) in [6, 6.07) is 6.61. The molecule has 0 saturated carbocycles. The van der Waals surface area contributed by atoms with E-state index in [0.717, 1.165) is 38.2 Å². The summed E-state index contributed by atoms with van der Waals surface area (Å²) in [6.45, 7) is 11.6. The van der Waals surface area contributed by atoms with Crippen LogP contribution in [0.4, 0.5) is 5.69 Å². The van der Waals surface area contributed by atoms with Crippen LogP contribution in [0.3, 0.4) is 0 Å². The zero-order chi connectivity index (χ0) is 14.8. The molecule has 2 N–H and O–H groups in total. The summed E-state index contributed by atoms with van der Waals surface area (Å²) in [5, 5.41) is 0. The van der Waals surface area contributed by atoms with E-state index in [2.05, 4.69) is 50.8 Å². The van der Waals surface area contributed by atoms with Crippen molar-refractivity contribution in [3.05, 3.63) is 23.8 Å². The van der Waals surface area contributed by atoms with Crippen LogP contribution in [0.5, 0.6) is 5.75 Å². The van der Waals surface area contributed by atoms with Crippen molar-refractivity contribution in [2.75, 3.05) is 24.5 Å². The number of hydrogen-bond acceptors (Lipinski definition) is 3. The molecule has 0 amide bonds. The summed E-state index contributed by atoms with van der Waals surface area (Å²) in [6.07, 6.45) is 2.36. The summed E-state index contributed by atoms with van der Waals surface area (Å²) in [5.74, 6) is 1.02. The first-order valence-electron chi connectivity index (χ1n) is 7.72. The van der Waals surface area contributed by atoms with Crippen molar-refractivity contribution in [2.45, 2.75) is 52.1 Å². The average Bonchev–Trinajstić information content (AvgIpc) is 2.42. The first kappa shape index (κ1) is 15.2. The highest BCUT2D eigenvalue weighted by molar-refractivity contribution is 5.62. The molecule has 20 heavy (non-hydrogen) atoms. The zero-order valence-electron chi connectivity index (χ0n) is 13.3. The Morgan fingerprint density at radius 1 is 1.35 bits per heavy atom. The van der Waals surface area contributed by atoms with Crippen LogP contribution < -0.4 is 15.4 Å². The summed E-state index contributed by atoms with van der Waals surface area (Å²) >= 11 is 0. The lowest BCUT2D eigenvalue weighted by Crippen LogP contribution is -2.40. The average molecular weight is 276 g/mol. The van der Waals surface area contributed by atoms with Gasteiger partial charge in [0.2, 0.25) is 0 Å². The van der Waals surface area contributed by atoms with Crippen LogP contribution in [0.15, 0.2) is 18.2 Å². The lowest BCUT2D eigenvalue weighted by atomic mass is 9.86. The van der Waals surface area contributed by atoms with E-state index in [9.17, 15) is 0 Å². The molecule has 3 nitrogen and oxygen atoms in total. The zero-order valence-corrected chi connectivity index (χ0v) is 13.3. The van der Waals surface area contributed by atoms with Gasteiger partial charge in [-0.2, -0.15) is 0 Å². The Morgan fingerprint density at radius 3 is 2.70 bits per heavy atom. The molecule has 1 aromatic rings. The van der Waals surface area contributed by atoms with E-state index >= 15 is 0 Å². The van der Waals surface area contributed by atoms with E-state index in [0.29, 0.717) is 6.10 Å². The van der Waals surface area contributed by atoms with Crippen molar-refractivity contribution < 1.29 is 4.74 Å². The second-order valence-corrected chi connectivity index (χ2v) is 6.67. The quantitative estimate of drug-likeness (QED) is 0.917. The lowest BCUT2D eigenvalue weighted by Gasteiger charge is -2.37. The van der Waals surface area contributed by atoms with Crippen molar-refractivity contribution in [2.24, 2.45) is 5.73 Å². The number of nitrogens with zero attached hydrogens (tertiary/aromatic N) is 1. The Labute approximate surface area is 123 Å². The number of fused-ring (bicyclic) bond motifs is 1. The number of hydrogen-bond donors (Lipinski definition) is 1. The SMILES string of the molecule is CCC1CN(CCCN)c2cc(C(C)(C)C)ccc2O1. The molecule has 1 atom stereocenters. The van der Waals surface area contributed by atoms with Gasteiger partial charge in [-0.05, 0) is 42.5 Å². The summed E-state index contributed by atoms with van der Waals surface area (Å²) in [4.78, 5) is 2.44. The Hall–Kier alpha value is -1.22. The smallest absolute Gasteiger partial charge is 0.143 e. The lowest BCUT2D eigenvalue weighted by molar-refractivity contribution is 0.189. The van der Waals surface area contributed by atoms with Crippen LogP contribution in [0, 0.1) is 0 Å². The third-order valence-electron chi connectivity index (χ3n) is 3.97. The third kappa shape index (κ3) is 3.26. The fourth-order valence-corrected chi connectivity index (χ4v) is 2.60. The number of ether oxygens (including phenoxy) is 1. The van der Waals surface area contributed by atoms with Crippen LogP contribution in [-0.4, -0.2) is 25.7 Å². The molecule has 0 spiro atoms. The number of nitrogens with two attached hydrogens (primary N) is 1. The van der Waals surface area contributed by atoms with Gasteiger partial charge in [0.25, 0.3) is 0 Å². The first-order valence-corrected chi connectivity index (χ1v) is 7.72. The highest BCUT2D eigenvalue weighted by atomic mass is 16.5. The maximum absolute atomic E-state index is 6.09. The second kappa shape index (κ2) is 6.04. The van der Waals surface area contributed by atoms with E-state index in [-0.39, 0.29) is 5.41 Å². The fourth-order valence-electron chi connectivity index (χ4n) is 2.60. The van der Waals surface area contributed by atoms with Crippen molar-refractivity contribution >= 4 is 5.69 Å². The molecule has 0 saturated heterocycles. The van der Waals surface area contributed by atoms with E-state index < -0.39 is 0 Å². The van der Waals surface area contributed by atoms with Gasteiger partial charge in [-0.15, -0.1) is 0 Å². The van der Waals surface area contributed by atoms with Crippen LogP contribution in [-0.2, 0) is 5.41 Å². The predicted molar refractivity (Wildman–Crippen MR) is 85.7 cm³/mol. The molecule has 0 aliphatic carbocycles. The maximum atomic E-state index is 6.09. The Balaban J connectivity index is 2.33. The standard InChI is InChI=1S/C17H28N2O/c1-5-14-12-19(10-6-9-18)15-11-13(17(2,3)4)7-8-16(15)20-14/h7-8,11,14H,5-6,9-10,12,18H2,1-4H3. The van der Waals surface area contributed by atoms with Gasteiger partial charge in [0.05, 0.1) is 12.2 Å². The second-order valence-electron chi connectivity index (χ2n) is 6.67. The Bertz CT molecular complexity index is 451. The van der Waals surface area contributed by atoms with Crippen LogP contribution in [0.2, 0.25) is 0 Å². The largest absolute Gasteiger partial charge is 0.486 e. The molecule has 0 bridgehead atoms. The topological polar surface area (TPSA) is 38.5 Å². The number of rotatable bonds is 4. The van der Waals surface area contributed by atoms with Gasteiger partial charge in [-0.1, -0.05) is 33.8 Å². The van der Waals surface area contributed by atoms with Gasteiger partial charge >= 0.3 is 0 Å². The van der Waals surface area contributed by atoms with E-state index in [1.54, 1.807) is 0 Å². The van der Waals surface area contributed by atoms with E-state index in [1.807, 2.05) is 0 Å². The molecular weight excluding hydrogens is 248 g/mol. The summed E-state index contributed by atoms with van der Waals surface area (Å²) < 4.78 is 6.09. The van der Waals surface area contributed by atoms with Crippen LogP contribution in [0.1, 0.15) is 46.1 Å². The van der Waals surface area contributed by atoms with Crippen molar-refractivity contribution in [1.29, 1.82) is 0 Å². The molecule has 1 heterocycles. The van der Waals surface area contributed by atoms with Crippen molar-refractivity contribution in [3.63, 3.8) is 0 Å². The highest BCUT2D eigenvalue weighted by Crippen LogP contribution is 2.37. The summed E-state index contributed by atoms with van der Waals surface area (Å²) in [5.41, 5.74) is 8.42. The molecule has 1 aliphatic heterocycles. The molecule has 1 unspecified atom stereocenters. The fraction of sp³-hybridized carbons (Fsp3) is 0.647. The van der Waals surface area contributed by atoms with E-state index in [4.69, 9.17) is 10.5 Å². The van der Waals surface area contributed by atoms with Crippen molar-refractivity contribution in [1.82, 2.24) is 0 Å². The normalized spacial score (nSPS) is 18.6. The molecule has 0 aromatic heterocycles. The molecule has 2 rings (SSSR count). The minimum Gasteiger partial charge on any atom is -0.486 e. The molecular formula is C17H28N2O. The maximum Gasteiger partial charge on any atom is 0.143 e. The van der Waals surface area contributed by atoms with Gasteiger partial charge in [0.15, 0.2) is 0 Å². The first-order chi connectivity index (χ1) is 9.45. The predicted octanol–water partition coefficient (Wildman–Crippen LogP) is 3.31. The van der Waals surface area contributed by atoms with Gasteiger partial charge in [0, 0.05) is 6.54 Å². The van der Waals surface area contributed by atoms with Crippen LogP contribution in [0.25, 0.3) is 0 Å². The molecule has 112 valence electrons. The Morgan fingerprint density at radius 2 is 2.10 bits per heavy atom. The highest BCUT2D eigenvalue weighted by Gasteiger charge is 2.26. The minimum absolute atomic E-state index is 0.163. The van der Waals surface area contributed by atoms with Crippen molar-refractivity contribution in [3.8, 4) is 5.75 Å². The van der Waals surface area contributed by atoms with Gasteiger partial charge in [-0.3, -0.25) is 0 Å². The number of benzene rings is 1. The Kier molecular flexibility index (Phi) is 4.59. The molecule has 1 aromatic carbocycles. The monoisotopic (exact) mass is 276 g/mol. The van der Waals surface area contributed by atoms with Gasteiger partial charge in [0.1, 0.15) is 11.9 Å². The van der Waals surface area contributed by atoms with Gasteiger partial charge < -0.3 is 15.4 Å². The van der Waals surface area contributed by atoms with Crippen LogP contribution >= 0.6 is 0 Å². The molecule has 3 heteroatoms.